The van der Waals surface area contributed by atoms with Crippen molar-refractivity contribution in [3.8, 4) is 0 Å². The molecule has 1 aromatic rings. The Labute approximate surface area is 108 Å². The highest BCUT2D eigenvalue weighted by Crippen LogP contribution is 2.16. The van der Waals surface area contributed by atoms with Gasteiger partial charge in [-0.25, -0.2) is 12.7 Å². The Morgan fingerprint density at radius 2 is 2.11 bits per heavy atom. The highest BCUT2D eigenvalue weighted by molar-refractivity contribution is 7.88. The van der Waals surface area contributed by atoms with Crippen LogP contribution in [0.4, 0.5) is 0 Å². The smallest absolute Gasteiger partial charge is 0.275 e. The van der Waals surface area contributed by atoms with Gasteiger partial charge in [-0.1, -0.05) is 6.92 Å². The second kappa shape index (κ2) is 6.33. The van der Waals surface area contributed by atoms with Gasteiger partial charge in [-0.2, -0.15) is 0 Å². The van der Waals surface area contributed by atoms with Crippen molar-refractivity contribution < 1.29 is 17.9 Å². The van der Waals surface area contributed by atoms with Crippen LogP contribution in [0.2, 0.25) is 0 Å². The van der Waals surface area contributed by atoms with Gasteiger partial charge in [0, 0.05) is 20.1 Å². The molecule has 0 aliphatic heterocycles. The third-order valence-corrected chi connectivity index (χ3v) is 4.34. The van der Waals surface area contributed by atoms with Crippen molar-refractivity contribution in [1.29, 1.82) is 0 Å². The number of hydrogen-bond acceptors (Lipinski definition) is 5. The molecule has 0 aromatic carbocycles. The summed E-state index contributed by atoms with van der Waals surface area (Å²) < 4.78 is 29.9. The van der Waals surface area contributed by atoms with Gasteiger partial charge in [0.05, 0.1) is 13.2 Å². The first-order valence-electron chi connectivity index (χ1n) is 5.77. The molecule has 0 bridgehead atoms. The van der Waals surface area contributed by atoms with E-state index in [1.165, 1.54) is 20.2 Å². The van der Waals surface area contributed by atoms with E-state index < -0.39 is 10.0 Å². The van der Waals surface area contributed by atoms with Crippen molar-refractivity contribution in [3.05, 3.63) is 17.9 Å². The Bertz CT molecular complexity index is 463. The number of rotatable bonds is 7. The zero-order valence-electron chi connectivity index (χ0n) is 10.9. The van der Waals surface area contributed by atoms with E-state index in [2.05, 4.69) is 5.32 Å². The molecule has 1 unspecified atom stereocenters. The Morgan fingerprint density at radius 1 is 1.44 bits per heavy atom. The lowest BCUT2D eigenvalue weighted by Gasteiger charge is -2.12. The highest BCUT2D eigenvalue weighted by atomic mass is 32.2. The topological polar surface area (TPSA) is 82.8 Å². The highest BCUT2D eigenvalue weighted by Gasteiger charge is 2.21. The third-order valence-electron chi connectivity index (χ3n) is 2.65. The molecule has 1 aromatic heterocycles. The first-order valence-corrected chi connectivity index (χ1v) is 7.21. The van der Waals surface area contributed by atoms with Gasteiger partial charge >= 0.3 is 0 Å². The SMILES string of the molecule is CCC(CO)NCc1ccc(S(=O)(=O)N(C)C)o1. The molecule has 0 fully saturated rings. The molecule has 104 valence electrons. The van der Waals surface area contributed by atoms with Crippen LogP contribution in [0, 0.1) is 0 Å². The number of hydrogen-bond donors (Lipinski definition) is 2. The number of nitrogens with one attached hydrogen (secondary N) is 1. The van der Waals surface area contributed by atoms with Crippen LogP contribution in [0.25, 0.3) is 0 Å². The van der Waals surface area contributed by atoms with Crippen LogP contribution < -0.4 is 5.32 Å². The van der Waals surface area contributed by atoms with Crippen molar-refractivity contribution in [2.24, 2.45) is 0 Å². The summed E-state index contributed by atoms with van der Waals surface area (Å²) in [4.78, 5) is 0. The van der Waals surface area contributed by atoms with Gasteiger partial charge in [0.15, 0.2) is 0 Å². The maximum atomic E-state index is 11.8. The molecule has 1 rings (SSSR count). The Kier molecular flexibility index (Phi) is 5.33. The summed E-state index contributed by atoms with van der Waals surface area (Å²) in [5.74, 6) is 0.530. The lowest BCUT2D eigenvalue weighted by Crippen LogP contribution is -2.31. The maximum absolute atomic E-state index is 11.8. The zero-order valence-corrected chi connectivity index (χ0v) is 11.7. The van der Waals surface area contributed by atoms with Crippen molar-refractivity contribution in [3.63, 3.8) is 0 Å². The van der Waals surface area contributed by atoms with Crippen molar-refractivity contribution >= 4 is 10.0 Å². The number of aliphatic hydroxyl groups is 1. The average Bonchev–Trinajstić information content (AvgIpc) is 2.79. The van der Waals surface area contributed by atoms with Crippen LogP contribution in [-0.2, 0) is 16.6 Å². The molecule has 0 amide bonds. The van der Waals surface area contributed by atoms with Crippen LogP contribution in [0.3, 0.4) is 0 Å². The quantitative estimate of drug-likeness (QED) is 0.753. The van der Waals surface area contributed by atoms with Crippen LogP contribution in [0.1, 0.15) is 19.1 Å². The predicted molar refractivity (Wildman–Crippen MR) is 67.6 cm³/mol. The summed E-state index contributed by atoms with van der Waals surface area (Å²) in [6.07, 6.45) is 0.792. The maximum Gasteiger partial charge on any atom is 0.275 e. The van der Waals surface area contributed by atoms with E-state index in [-0.39, 0.29) is 17.7 Å². The molecule has 0 radical (unpaired) electrons. The minimum absolute atomic E-state index is 0.0102. The molecule has 0 saturated carbocycles. The van der Waals surface area contributed by atoms with Gasteiger partial charge in [0.2, 0.25) is 5.09 Å². The van der Waals surface area contributed by atoms with E-state index in [0.29, 0.717) is 12.3 Å². The van der Waals surface area contributed by atoms with Crippen LogP contribution in [-0.4, -0.2) is 44.6 Å². The van der Waals surface area contributed by atoms with E-state index in [1.807, 2.05) is 6.92 Å². The van der Waals surface area contributed by atoms with E-state index >= 15 is 0 Å². The van der Waals surface area contributed by atoms with E-state index in [4.69, 9.17) is 9.52 Å². The number of nitrogens with zero attached hydrogens (tertiary/aromatic N) is 1. The molecule has 0 aliphatic rings. The first-order chi connectivity index (χ1) is 8.41. The van der Waals surface area contributed by atoms with Gasteiger partial charge in [0.1, 0.15) is 5.76 Å². The summed E-state index contributed by atoms with van der Waals surface area (Å²) in [5.41, 5.74) is 0. The number of aliphatic hydroxyl groups excluding tert-OH is 1. The first kappa shape index (κ1) is 15.2. The molecular weight excluding hydrogens is 256 g/mol. The van der Waals surface area contributed by atoms with Crippen LogP contribution in [0.5, 0.6) is 0 Å². The Balaban J connectivity index is 2.70. The van der Waals surface area contributed by atoms with Crippen molar-refractivity contribution in [1.82, 2.24) is 9.62 Å². The third kappa shape index (κ3) is 3.55. The molecule has 6 nitrogen and oxygen atoms in total. The monoisotopic (exact) mass is 276 g/mol. The van der Waals surface area contributed by atoms with Gasteiger partial charge in [-0.3, -0.25) is 0 Å². The largest absolute Gasteiger partial charge is 0.447 e. The molecule has 0 spiro atoms. The molecule has 1 atom stereocenters. The normalized spacial score (nSPS) is 14.1. The fourth-order valence-electron chi connectivity index (χ4n) is 1.35. The Hall–Kier alpha value is -0.890. The lowest BCUT2D eigenvalue weighted by molar-refractivity contribution is 0.234. The zero-order chi connectivity index (χ0) is 13.8. The average molecular weight is 276 g/mol. The molecule has 2 N–H and O–H groups in total. The van der Waals surface area contributed by atoms with E-state index in [1.54, 1.807) is 6.07 Å². The minimum Gasteiger partial charge on any atom is -0.447 e. The summed E-state index contributed by atoms with van der Waals surface area (Å²) in [7, 11) is -0.610. The van der Waals surface area contributed by atoms with Crippen LogP contribution in [0.15, 0.2) is 21.6 Å². The summed E-state index contributed by atoms with van der Waals surface area (Å²) >= 11 is 0. The Morgan fingerprint density at radius 3 is 2.61 bits per heavy atom. The van der Waals surface area contributed by atoms with E-state index in [9.17, 15) is 8.42 Å². The van der Waals surface area contributed by atoms with E-state index in [0.717, 1.165) is 10.7 Å². The second-order valence-electron chi connectivity index (χ2n) is 4.18. The molecule has 1 heterocycles. The summed E-state index contributed by atoms with van der Waals surface area (Å²) in [5, 5.41) is 12.0. The lowest BCUT2D eigenvalue weighted by atomic mass is 10.2. The standard InChI is InChI=1S/C11H20N2O4S/c1-4-9(8-14)12-7-10-5-6-11(17-10)18(15,16)13(2)3/h5-6,9,12,14H,4,7-8H2,1-3H3. The second-order valence-corrected chi connectivity index (χ2v) is 6.26. The van der Waals surface area contributed by atoms with Crippen molar-refractivity contribution in [2.45, 2.75) is 31.0 Å². The minimum atomic E-state index is -3.52. The number of sulfonamides is 1. The molecule has 7 heteroatoms. The fraction of sp³-hybridized carbons (Fsp3) is 0.636. The predicted octanol–water partition coefficient (Wildman–Crippen LogP) is 0.390. The van der Waals surface area contributed by atoms with Gasteiger partial charge in [0.25, 0.3) is 10.0 Å². The van der Waals surface area contributed by atoms with Gasteiger partial charge in [-0.05, 0) is 18.6 Å². The summed E-state index contributed by atoms with van der Waals surface area (Å²) in [6.45, 7) is 2.39. The molecule has 0 aliphatic carbocycles. The molecular formula is C11H20N2O4S. The van der Waals surface area contributed by atoms with Gasteiger partial charge in [-0.15, -0.1) is 0 Å². The van der Waals surface area contributed by atoms with Crippen molar-refractivity contribution in [2.75, 3.05) is 20.7 Å². The molecule has 18 heavy (non-hydrogen) atoms. The number of furan rings is 1. The summed E-state index contributed by atoms with van der Waals surface area (Å²) in [6, 6.07) is 3.05. The van der Waals surface area contributed by atoms with Gasteiger partial charge < -0.3 is 14.8 Å². The van der Waals surface area contributed by atoms with Crippen LogP contribution >= 0.6 is 0 Å². The molecule has 0 saturated heterocycles. The fourth-order valence-corrected chi connectivity index (χ4v) is 2.17.